The second kappa shape index (κ2) is 6.26. The third-order valence-electron chi connectivity index (χ3n) is 4.34. The molecule has 0 spiro atoms. The molecule has 0 bridgehead atoms. The predicted molar refractivity (Wildman–Crippen MR) is 81.2 cm³/mol. The first-order chi connectivity index (χ1) is 9.90. The van der Waals surface area contributed by atoms with Gasteiger partial charge in [0.15, 0.2) is 0 Å². The third-order valence-corrected chi connectivity index (χ3v) is 4.34. The smallest absolute Gasteiger partial charge is 0.222 e. The van der Waals surface area contributed by atoms with Crippen molar-refractivity contribution < 1.29 is 4.79 Å². The lowest BCUT2D eigenvalue weighted by Gasteiger charge is -2.29. The molecule has 1 amide bonds. The Balaban J connectivity index is 2.06. The molecule has 1 aromatic heterocycles. The third kappa shape index (κ3) is 4.04. The molecular formula is C17H23N3O. The van der Waals surface area contributed by atoms with E-state index in [-0.39, 0.29) is 11.3 Å². The minimum absolute atomic E-state index is 0.220. The number of rotatable bonds is 2. The van der Waals surface area contributed by atoms with Crippen molar-refractivity contribution >= 4 is 5.91 Å². The van der Waals surface area contributed by atoms with Gasteiger partial charge in [-0.1, -0.05) is 20.8 Å². The fraction of sp³-hybridized carbons (Fsp3) is 0.588. The molecule has 4 nitrogen and oxygen atoms in total. The molecular weight excluding hydrogens is 262 g/mol. The molecule has 21 heavy (non-hydrogen) atoms. The number of hydrogen-bond acceptors (Lipinski definition) is 3. The average molecular weight is 285 g/mol. The molecule has 0 N–H and O–H groups in total. The molecule has 2 rings (SSSR count). The summed E-state index contributed by atoms with van der Waals surface area (Å²) >= 11 is 0. The van der Waals surface area contributed by atoms with Gasteiger partial charge in [0.2, 0.25) is 5.91 Å². The van der Waals surface area contributed by atoms with Crippen molar-refractivity contribution in [3.05, 3.63) is 29.6 Å². The SMILES string of the molecule is CC(C)(C)C1CCC(=O)N(Cc2ccnc(C#N)c2)CC1. The molecule has 1 fully saturated rings. The van der Waals surface area contributed by atoms with Crippen LogP contribution >= 0.6 is 0 Å². The maximum atomic E-state index is 12.3. The average Bonchev–Trinajstić information content (AvgIpc) is 2.62. The van der Waals surface area contributed by atoms with Gasteiger partial charge in [-0.05, 0) is 41.9 Å². The van der Waals surface area contributed by atoms with Gasteiger partial charge in [0.25, 0.3) is 0 Å². The number of pyridine rings is 1. The van der Waals surface area contributed by atoms with Crippen LogP contribution in [-0.2, 0) is 11.3 Å². The Kier molecular flexibility index (Phi) is 4.62. The van der Waals surface area contributed by atoms with Crippen LogP contribution in [0.15, 0.2) is 18.3 Å². The Hall–Kier alpha value is -1.89. The van der Waals surface area contributed by atoms with Crippen molar-refractivity contribution in [2.24, 2.45) is 11.3 Å². The lowest BCUT2D eigenvalue weighted by Crippen LogP contribution is -2.30. The normalized spacial score (nSPS) is 20.0. The lowest BCUT2D eigenvalue weighted by atomic mass is 9.77. The quantitative estimate of drug-likeness (QED) is 0.838. The number of nitrogens with zero attached hydrogens (tertiary/aromatic N) is 3. The Morgan fingerprint density at radius 1 is 1.43 bits per heavy atom. The maximum absolute atomic E-state index is 12.3. The Labute approximate surface area is 126 Å². The summed E-state index contributed by atoms with van der Waals surface area (Å²) in [6.07, 6.45) is 4.27. The fourth-order valence-corrected chi connectivity index (χ4v) is 2.92. The maximum Gasteiger partial charge on any atom is 0.222 e. The fourth-order valence-electron chi connectivity index (χ4n) is 2.92. The molecule has 0 radical (unpaired) electrons. The van der Waals surface area contributed by atoms with Gasteiger partial charge in [0.05, 0.1) is 0 Å². The molecule has 1 saturated heterocycles. The zero-order valence-electron chi connectivity index (χ0n) is 13.1. The first-order valence-electron chi connectivity index (χ1n) is 7.53. The van der Waals surface area contributed by atoms with Crippen molar-refractivity contribution in [2.75, 3.05) is 6.54 Å². The molecule has 1 aliphatic heterocycles. The molecule has 0 aromatic carbocycles. The van der Waals surface area contributed by atoms with Crippen LogP contribution in [0.2, 0.25) is 0 Å². The monoisotopic (exact) mass is 285 g/mol. The summed E-state index contributed by atoms with van der Waals surface area (Å²) in [5.41, 5.74) is 1.63. The highest BCUT2D eigenvalue weighted by molar-refractivity contribution is 5.76. The molecule has 0 aliphatic carbocycles. The highest BCUT2D eigenvalue weighted by atomic mass is 16.2. The van der Waals surface area contributed by atoms with E-state index in [4.69, 9.17) is 5.26 Å². The van der Waals surface area contributed by atoms with Crippen LogP contribution in [0.3, 0.4) is 0 Å². The highest BCUT2D eigenvalue weighted by Gasteiger charge is 2.29. The Morgan fingerprint density at radius 2 is 2.19 bits per heavy atom. The van der Waals surface area contributed by atoms with Gasteiger partial charge in [-0.25, -0.2) is 4.98 Å². The van der Waals surface area contributed by atoms with Crippen molar-refractivity contribution in [3.8, 4) is 6.07 Å². The van der Waals surface area contributed by atoms with E-state index in [1.165, 1.54) is 0 Å². The van der Waals surface area contributed by atoms with Crippen LogP contribution in [-0.4, -0.2) is 22.3 Å². The van der Waals surface area contributed by atoms with E-state index in [0.29, 0.717) is 24.6 Å². The van der Waals surface area contributed by atoms with Gasteiger partial charge in [0.1, 0.15) is 11.8 Å². The Bertz CT molecular complexity index is 554. The molecule has 1 aromatic rings. The largest absolute Gasteiger partial charge is 0.338 e. The predicted octanol–water partition coefficient (Wildman–Crippen LogP) is 3.13. The minimum atomic E-state index is 0.220. The van der Waals surface area contributed by atoms with E-state index in [2.05, 4.69) is 25.8 Å². The van der Waals surface area contributed by atoms with Gasteiger partial charge in [-0.2, -0.15) is 5.26 Å². The first-order valence-corrected chi connectivity index (χ1v) is 7.53. The van der Waals surface area contributed by atoms with Crippen LogP contribution in [0.25, 0.3) is 0 Å². The van der Waals surface area contributed by atoms with Crippen LogP contribution in [0.4, 0.5) is 0 Å². The molecule has 1 atom stereocenters. The van der Waals surface area contributed by atoms with E-state index >= 15 is 0 Å². The van der Waals surface area contributed by atoms with E-state index in [1.807, 2.05) is 17.0 Å². The van der Waals surface area contributed by atoms with Crippen LogP contribution in [0, 0.1) is 22.7 Å². The summed E-state index contributed by atoms with van der Waals surface area (Å²) in [5.74, 6) is 0.802. The van der Waals surface area contributed by atoms with Gasteiger partial charge in [-0.15, -0.1) is 0 Å². The number of carbonyl (C=O) groups is 1. The number of aromatic nitrogens is 1. The second-order valence-corrected chi connectivity index (χ2v) is 6.87. The molecule has 0 saturated carbocycles. The summed E-state index contributed by atoms with van der Waals surface area (Å²) in [7, 11) is 0. The summed E-state index contributed by atoms with van der Waals surface area (Å²) < 4.78 is 0. The summed E-state index contributed by atoms with van der Waals surface area (Å²) in [5, 5.41) is 8.90. The molecule has 4 heteroatoms. The Morgan fingerprint density at radius 3 is 2.86 bits per heavy atom. The molecule has 1 aliphatic rings. The standard InChI is InChI=1S/C17H23N3O/c1-17(2,3)14-4-5-16(21)20(9-7-14)12-13-6-8-19-15(10-13)11-18/h6,8,10,14H,4-5,7,9,12H2,1-3H3. The number of nitriles is 1. The van der Waals surface area contributed by atoms with E-state index in [1.54, 1.807) is 12.3 Å². The first kappa shape index (κ1) is 15.5. The number of amides is 1. The van der Waals surface area contributed by atoms with E-state index in [9.17, 15) is 4.79 Å². The van der Waals surface area contributed by atoms with Crippen LogP contribution in [0.5, 0.6) is 0 Å². The summed E-state index contributed by atoms with van der Waals surface area (Å²) in [6, 6.07) is 5.68. The summed E-state index contributed by atoms with van der Waals surface area (Å²) in [6.45, 7) is 8.12. The highest BCUT2D eigenvalue weighted by Crippen LogP contribution is 2.34. The van der Waals surface area contributed by atoms with Gasteiger partial charge in [-0.3, -0.25) is 4.79 Å². The van der Waals surface area contributed by atoms with Gasteiger partial charge in [0, 0.05) is 25.7 Å². The second-order valence-electron chi connectivity index (χ2n) is 6.87. The summed E-state index contributed by atoms with van der Waals surface area (Å²) in [4.78, 5) is 18.2. The van der Waals surface area contributed by atoms with Crippen molar-refractivity contribution in [2.45, 2.75) is 46.6 Å². The van der Waals surface area contributed by atoms with Crippen molar-refractivity contribution in [3.63, 3.8) is 0 Å². The zero-order chi connectivity index (χ0) is 15.5. The molecule has 1 unspecified atom stereocenters. The van der Waals surface area contributed by atoms with E-state index < -0.39 is 0 Å². The van der Waals surface area contributed by atoms with Crippen molar-refractivity contribution in [1.82, 2.24) is 9.88 Å². The lowest BCUT2D eigenvalue weighted by molar-refractivity contribution is -0.131. The number of carbonyl (C=O) groups excluding carboxylic acids is 1. The molecule has 112 valence electrons. The number of likely N-dealkylation sites (tertiary alicyclic amines) is 1. The zero-order valence-corrected chi connectivity index (χ0v) is 13.1. The van der Waals surface area contributed by atoms with Crippen LogP contribution in [0.1, 0.15) is 51.3 Å². The van der Waals surface area contributed by atoms with E-state index in [0.717, 1.165) is 24.9 Å². The van der Waals surface area contributed by atoms with Gasteiger partial charge < -0.3 is 4.90 Å². The van der Waals surface area contributed by atoms with Gasteiger partial charge >= 0.3 is 0 Å². The topological polar surface area (TPSA) is 57.0 Å². The van der Waals surface area contributed by atoms with Crippen molar-refractivity contribution in [1.29, 1.82) is 5.26 Å². The number of hydrogen-bond donors (Lipinski definition) is 0. The molecule has 2 heterocycles. The van der Waals surface area contributed by atoms with Crippen LogP contribution < -0.4 is 0 Å². The minimum Gasteiger partial charge on any atom is -0.338 e.